The fraction of sp³-hybridized carbons (Fsp3) is 0.692. The smallest absolute Gasteiger partial charge is 0.408 e. The number of carboxylic acid groups (broad SMARTS) is 1. The van der Waals surface area contributed by atoms with Crippen LogP contribution in [0.5, 0.6) is 0 Å². The summed E-state index contributed by atoms with van der Waals surface area (Å²) in [5, 5.41) is 15.8. The van der Waals surface area contributed by atoms with Crippen molar-refractivity contribution in [1.29, 1.82) is 0 Å². The predicted molar refractivity (Wildman–Crippen MR) is 133 cm³/mol. The van der Waals surface area contributed by atoms with Crippen LogP contribution in [-0.2, 0) is 16.1 Å². The van der Waals surface area contributed by atoms with Gasteiger partial charge in [0.2, 0.25) is 0 Å². The van der Waals surface area contributed by atoms with Crippen LogP contribution in [-0.4, -0.2) is 35.3 Å². The summed E-state index contributed by atoms with van der Waals surface area (Å²) in [6, 6.07) is 7.66. The summed E-state index contributed by atoms with van der Waals surface area (Å²) in [6.07, 6.45) is 14.2. The van der Waals surface area contributed by atoms with Crippen LogP contribution in [0.15, 0.2) is 24.3 Å². The van der Waals surface area contributed by atoms with Gasteiger partial charge in [-0.2, -0.15) is 0 Å². The number of hydrogen-bond acceptors (Lipinski definition) is 4. The Balaban J connectivity index is 0.000000254. The van der Waals surface area contributed by atoms with Gasteiger partial charge in [-0.25, -0.2) is 9.59 Å². The van der Waals surface area contributed by atoms with E-state index < -0.39 is 18.1 Å². The molecule has 3 N–H and O–H groups in total. The van der Waals surface area contributed by atoms with Crippen LogP contribution in [0.4, 0.5) is 4.79 Å². The SMILES string of the molecule is C1CCC(NC2CCCCC2)CC1.CC(C)C[C@H](NC(=O)OCc1ccc(Cl)cc1)C(=O)O. The molecule has 0 aliphatic heterocycles. The predicted octanol–water partition coefficient (Wildman–Crippen LogP) is 6.31. The molecular weight excluding hydrogens is 440 g/mol. The number of carbonyl (C=O) groups is 2. The highest BCUT2D eigenvalue weighted by Crippen LogP contribution is 2.22. The van der Waals surface area contributed by atoms with E-state index in [4.69, 9.17) is 21.4 Å². The Morgan fingerprint density at radius 3 is 1.94 bits per heavy atom. The maximum Gasteiger partial charge on any atom is 0.408 e. The van der Waals surface area contributed by atoms with Gasteiger partial charge in [0.05, 0.1) is 0 Å². The standard InChI is InChI=1S/C14H18ClNO4.C12H23N/c1-9(2)7-12(13(17)18)16-14(19)20-8-10-3-5-11(15)6-4-10;1-3-7-11(8-4-1)13-12-9-5-2-6-10-12/h3-6,9,12H,7-8H2,1-2H3,(H,16,19)(H,17,18);11-13H,1-10H2/t12-;/m0./s1. The number of aliphatic carboxylic acids is 1. The highest BCUT2D eigenvalue weighted by molar-refractivity contribution is 6.30. The second kappa shape index (κ2) is 15.2. The molecule has 7 heteroatoms. The molecule has 1 atom stereocenters. The number of rotatable bonds is 8. The first-order chi connectivity index (χ1) is 15.8. The first kappa shape index (κ1) is 27.5. The third-order valence-electron chi connectivity index (χ3n) is 6.26. The van der Waals surface area contributed by atoms with Crippen LogP contribution >= 0.6 is 11.6 Å². The highest BCUT2D eigenvalue weighted by Gasteiger charge is 2.22. The lowest BCUT2D eigenvalue weighted by Gasteiger charge is -2.30. The second-order valence-corrected chi connectivity index (χ2v) is 10.1. The Labute approximate surface area is 203 Å². The Morgan fingerprint density at radius 2 is 1.48 bits per heavy atom. The van der Waals surface area contributed by atoms with Crippen LogP contribution in [0, 0.1) is 5.92 Å². The van der Waals surface area contributed by atoms with Crippen molar-refractivity contribution in [1.82, 2.24) is 10.6 Å². The van der Waals surface area contributed by atoms with E-state index in [2.05, 4.69) is 10.6 Å². The molecule has 3 rings (SSSR count). The third kappa shape index (κ3) is 11.8. The van der Waals surface area contributed by atoms with Crippen molar-refractivity contribution >= 4 is 23.7 Å². The van der Waals surface area contributed by atoms with Crippen molar-refractivity contribution in [3.8, 4) is 0 Å². The van der Waals surface area contributed by atoms with Gasteiger partial charge >= 0.3 is 12.1 Å². The molecule has 0 bridgehead atoms. The molecule has 0 unspecified atom stereocenters. The summed E-state index contributed by atoms with van der Waals surface area (Å²) in [4.78, 5) is 22.6. The van der Waals surface area contributed by atoms with Gasteiger partial charge in [-0.05, 0) is 55.7 Å². The Kier molecular flexibility index (Phi) is 12.6. The maximum atomic E-state index is 11.6. The summed E-state index contributed by atoms with van der Waals surface area (Å²) in [7, 11) is 0. The Hall–Kier alpha value is -1.79. The van der Waals surface area contributed by atoms with Crippen LogP contribution in [0.1, 0.15) is 90.0 Å². The van der Waals surface area contributed by atoms with Crippen molar-refractivity contribution in [2.24, 2.45) is 5.92 Å². The van der Waals surface area contributed by atoms with Gasteiger partial charge in [-0.3, -0.25) is 0 Å². The summed E-state index contributed by atoms with van der Waals surface area (Å²) < 4.78 is 4.97. The number of ether oxygens (including phenoxy) is 1. The lowest BCUT2D eigenvalue weighted by molar-refractivity contribution is -0.139. The molecule has 2 fully saturated rings. The highest BCUT2D eigenvalue weighted by atomic mass is 35.5. The van der Waals surface area contributed by atoms with Gasteiger partial charge in [0.15, 0.2) is 0 Å². The first-order valence-corrected chi connectivity index (χ1v) is 12.9. The van der Waals surface area contributed by atoms with Gasteiger partial charge in [-0.1, -0.05) is 76.1 Å². The monoisotopic (exact) mass is 480 g/mol. The number of nitrogens with one attached hydrogen (secondary N) is 2. The van der Waals surface area contributed by atoms with Crippen LogP contribution in [0.3, 0.4) is 0 Å². The van der Waals surface area contributed by atoms with E-state index >= 15 is 0 Å². The molecule has 0 spiro atoms. The van der Waals surface area contributed by atoms with Crippen molar-refractivity contribution < 1.29 is 19.4 Å². The number of alkyl carbamates (subject to hydrolysis) is 1. The van der Waals surface area contributed by atoms with E-state index in [0.717, 1.165) is 17.6 Å². The van der Waals surface area contributed by atoms with Crippen molar-refractivity contribution in [3.05, 3.63) is 34.9 Å². The zero-order valence-electron chi connectivity index (χ0n) is 20.2. The zero-order chi connectivity index (χ0) is 24.1. The lowest BCUT2D eigenvalue weighted by Crippen LogP contribution is -2.41. The van der Waals surface area contributed by atoms with E-state index in [9.17, 15) is 9.59 Å². The quantitative estimate of drug-likeness (QED) is 0.406. The van der Waals surface area contributed by atoms with Crippen LogP contribution in [0.2, 0.25) is 5.02 Å². The minimum atomic E-state index is -1.07. The fourth-order valence-corrected chi connectivity index (χ4v) is 4.60. The molecule has 186 valence electrons. The van der Waals surface area contributed by atoms with E-state index in [0.29, 0.717) is 11.4 Å². The summed E-state index contributed by atoms with van der Waals surface area (Å²) in [6.45, 7) is 3.84. The zero-order valence-corrected chi connectivity index (χ0v) is 20.9. The lowest BCUT2D eigenvalue weighted by atomic mass is 9.91. The van der Waals surface area contributed by atoms with Gasteiger partial charge in [0, 0.05) is 17.1 Å². The Bertz CT molecular complexity index is 683. The molecule has 0 heterocycles. The fourth-order valence-electron chi connectivity index (χ4n) is 4.48. The van der Waals surface area contributed by atoms with Crippen LogP contribution in [0.25, 0.3) is 0 Å². The van der Waals surface area contributed by atoms with E-state index in [1.54, 1.807) is 24.3 Å². The molecule has 2 aliphatic carbocycles. The van der Waals surface area contributed by atoms with Crippen molar-refractivity contribution in [3.63, 3.8) is 0 Å². The van der Waals surface area contributed by atoms with Crippen LogP contribution < -0.4 is 10.6 Å². The van der Waals surface area contributed by atoms with E-state index in [1.165, 1.54) is 64.2 Å². The van der Waals surface area contributed by atoms with Gasteiger partial charge in [-0.15, -0.1) is 0 Å². The molecule has 6 nitrogen and oxygen atoms in total. The second-order valence-electron chi connectivity index (χ2n) is 9.70. The summed E-state index contributed by atoms with van der Waals surface area (Å²) >= 11 is 5.74. The molecule has 1 amide bonds. The molecule has 2 aliphatic rings. The topological polar surface area (TPSA) is 87.7 Å². The number of carboxylic acids is 1. The molecule has 0 aromatic heterocycles. The number of halogens is 1. The molecule has 0 radical (unpaired) electrons. The Morgan fingerprint density at radius 1 is 0.970 bits per heavy atom. The average Bonchev–Trinajstić information content (AvgIpc) is 2.80. The normalized spacial score (nSPS) is 18.2. The number of amides is 1. The molecular formula is C26H41ClN2O4. The molecule has 1 aromatic carbocycles. The minimum Gasteiger partial charge on any atom is -0.480 e. The third-order valence-corrected chi connectivity index (χ3v) is 6.51. The number of benzene rings is 1. The summed E-state index contributed by atoms with van der Waals surface area (Å²) in [5.41, 5.74) is 0.778. The number of carbonyl (C=O) groups excluding carboxylic acids is 1. The van der Waals surface area contributed by atoms with Crippen molar-refractivity contribution in [2.75, 3.05) is 0 Å². The molecule has 0 saturated heterocycles. The molecule has 2 saturated carbocycles. The van der Waals surface area contributed by atoms with Gasteiger partial charge in [0.1, 0.15) is 12.6 Å². The minimum absolute atomic E-state index is 0.0665. The average molecular weight is 481 g/mol. The summed E-state index contributed by atoms with van der Waals surface area (Å²) in [5.74, 6) is -0.908. The number of hydrogen-bond donors (Lipinski definition) is 3. The molecule has 33 heavy (non-hydrogen) atoms. The molecule has 1 aromatic rings. The first-order valence-electron chi connectivity index (χ1n) is 12.5. The maximum absolute atomic E-state index is 11.6. The van der Waals surface area contributed by atoms with E-state index in [-0.39, 0.29) is 12.5 Å². The van der Waals surface area contributed by atoms with Gasteiger partial charge < -0.3 is 20.5 Å². The van der Waals surface area contributed by atoms with E-state index in [1.807, 2.05) is 13.8 Å². The van der Waals surface area contributed by atoms with Gasteiger partial charge in [0.25, 0.3) is 0 Å². The van der Waals surface area contributed by atoms with Crippen molar-refractivity contribution in [2.45, 2.75) is 109 Å². The largest absolute Gasteiger partial charge is 0.480 e.